The largest absolute Gasteiger partial charge is 0.357 e. The Morgan fingerprint density at radius 3 is 2.65 bits per heavy atom. The van der Waals surface area contributed by atoms with Gasteiger partial charge in [-0.15, -0.1) is 0 Å². The normalized spacial score (nSPS) is 23.0. The molecule has 1 atom stereocenters. The molecule has 5 nitrogen and oxygen atoms in total. The van der Waals surface area contributed by atoms with Crippen LogP contribution >= 0.6 is 0 Å². The Morgan fingerprint density at radius 1 is 1.15 bits per heavy atom. The number of hydrogen-bond donors (Lipinski definition) is 1. The van der Waals surface area contributed by atoms with Gasteiger partial charge in [-0.05, 0) is 38.6 Å². The molecule has 0 aliphatic carbocycles. The summed E-state index contributed by atoms with van der Waals surface area (Å²) >= 11 is 0. The minimum Gasteiger partial charge on any atom is -0.357 e. The van der Waals surface area contributed by atoms with E-state index in [1.54, 1.807) is 0 Å². The van der Waals surface area contributed by atoms with E-state index in [1.165, 1.54) is 11.1 Å². The molecule has 0 radical (unpaired) electrons. The zero-order valence-electron chi connectivity index (χ0n) is 16.5. The van der Waals surface area contributed by atoms with Crippen LogP contribution < -0.4 is 5.32 Å². The third kappa shape index (κ3) is 4.86. The molecule has 0 amide bonds. The lowest BCUT2D eigenvalue weighted by Gasteiger charge is -2.37. The van der Waals surface area contributed by atoms with Crippen LogP contribution in [-0.2, 0) is 0 Å². The maximum absolute atomic E-state index is 4.98. The Kier molecular flexibility index (Phi) is 6.69. The van der Waals surface area contributed by atoms with Gasteiger partial charge in [0.1, 0.15) is 0 Å². The zero-order valence-corrected chi connectivity index (χ0v) is 16.5. The number of nitrogens with zero attached hydrogens (tertiary/aromatic N) is 4. The Balaban J connectivity index is 1.64. The standard InChI is InChI=1S/C21H33N5/c1-4-22-21(23-16-20-17-24(2)14-15-25(20)3)26-12-10-19(11-13-26)18-8-6-5-7-9-18/h5-10,20H,4,11-17H2,1-3H3,(H,22,23). The fourth-order valence-corrected chi connectivity index (χ4v) is 3.69. The molecular weight excluding hydrogens is 322 g/mol. The molecule has 1 unspecified atom stereocenters. The predicted octanol–water partition coefficient (Wildman–Crippen LogP) is 1.99. The lowest BCUT2D eigenvalue weighted by Crippen LogP contribution is -2.52. The van der Waals surface area contributed by atoms with Gasteiger partial charge in [0.05, 0.1) is 6.54 Å². The van der Waals surface area contributed by atoms with E-state index in [0.29, 0.717) is 6.04 Å². The molecule has 1 aromatic carbocycles. The fraction of sp³-hybridized carbons (Fsp3) is 0.571. The summed E-state index contributed by atoms with van der Waals surface area (Å²) < 4.78 is 0. The lowest BCUT2D eigenvalue weighted by atomic mass is 10.00. The highest BCUT2D eigenvalue weighted by molar-refractivity contribution is 5.81. The van der Waals surface area contributed by atoms with Crippen molar-refractivity contribution in [2.24, 2.45) is 4.99 Å². The van der Waals surface area contributed by atoms with E-state index in [0.717, 1.165) is 58.2 Å². The molecule has 0 spiro atoms. The number of rotatable bonds is 4. The maximum Gasteiger partial charge on any atom is 0.194 e. The van der Waals surface area contributed by atoms with Gasteiger partial charge in [-0.25, -0.2) is 0 Å². The molecule has 5 heteroatoms. The summed E-state index contributed by atoms with van der Waals surface area (Å²) in [5, 5.41) is 3.49. The molecule has 26 heavy (non-hydrogen) atoms. The highest BCUT2D eigenvalue weighted by Crippen LogP contribution is 2.22. The molecule has 1 saturated heterocycles. The van der Waals surface area contributed by atoms with Gasteiger partial charge in [0.15, 0.2) is 5.96 Å². The topological polar surface area (TPSA) is 34.1 Å². The Bertz CT molecular complexity index is 625. The summed E-state index contributed by atoms with van der Waals surface area (Å²) in [5.74, 6) is 1.05. The number of likely N-dealkylation sites (N-methyl/N-ethyl adjacent to an activating group) is 2. The smallest absolute Gasteiger partial charge is 0.194 e. The molecule has 0 aromatic heterocycles. The number of guanidine groups is 1. The fourth-order valence-electron chi connectivity index (χ4n) is 3.69. The van der Waals surface area contributed by atoms with Gasteiger partial charge < -0.3 is 15.1 Å². The highest BCUT2D eigenvalue weighted by Gasteiger charge is 2.22. The minimum absolute atomic E-state index is 0.502. The highest BCUT2D eigenvalue weighted by atomic mass is 15.3. The third-order valence-corrected chi connectivity index (χ3v) is 5.42. The van der Waals surface area contributed by atoms with Crippen LogP contribution in [0.15, 0.2) is 41.4 Å². The van der Waals surface area contributed by atoms with E-state index >= 15 is 0 Å². The Labute approximate surface area is 158 Å². The molecule has 1 fully saturated rings. The van der Waals surface area contributed by atoms with Crippen LogP contribution in [0.1, 0.15) is 18.9 Å². The molecular formula is C21H33N5. The lowest BCUT2D eigenvalue weighted by molar-refractivity contribution is 0.119. The number of nitrogens with one attached hydrogen (secondary N) is 1. The van der Waals surface area contributed by atoms with Gasteiger partial charge >= 0.3 is 0 Å². The average molecular weight is 356 g/mol. The van der Waals surface area contributed by atoms with Gasteiger partial charge in [-0.3, -0.25) is 9.89 Å². The van der Waals surface area contributed by atoms with Gasteiger partial charge in [0.25, 0.3) is 0 Å². The molecule has 0 bridgehead atoms. The number of hydrogen-bond acceptors (Lipinski definition) is 3. The van der Waals surface area contributed by atoms with E-state index in [-0.39, 0.29) is 0 Å². The van der Waals surface area contributed by atoms with Crippen molar-refractivity contribution in [3.8, 4) is 0 Å². The van der Waals surface area contributed by atoms with Crippen LogP contribution in [0.2, 0.25) is 0 Å². The Hall–Kier alpha value is -1.85. The Morgan fingerprint density at radius 2 is 1.96 bits per heavy atom. The van der Waals surface area contributed by atoms with Crippen molar-refractivity contribution >= 4 is 11.5 Å². The van der Waals surface area contributed by atoms with Crippen molar-refractivity contribution in [3.05, 3.63) is 42.0 Å². The molecule has 2 heterocycles. The first-order valence-corrected chi connectivity index (χ1v) is 9.84. The molecule has 0 saturated carbocycles. The van der Waals surface area contributed by atoms with Crippen LogP contribution in [0.5, 0.6) is 0 Å². The summed E-state index contributed by atoms with van der Waals surface area (Å²) in [6, 6.07) is 11.2. The van der Waals surface area contributed by atoms with Crippen LogP contribution in [0.4, 0.5) is 0 Å². The second-order valence-electron chi connectivity index (χ2n) is 7.38. The van der Waals surface area contributed by atoms with Crippen molar-refractivity contribution in [2.75, 3.05) is 59.9 Å². The first-order chi connectivity index (χ1) is 12.7. The third-order valence-electron chi connectivity index (χ3n) is 5.42. The molecule has 3 rings (SSSR count). The van der Waals surface area contributed by atoms with Crippen molar-refractivity contribution in [2.45, 2.75) is 19.4 Å². The monoisotopic (exact) mass is 355 g/mol. The van der Waals surface area contributed by atoms with Crippen molar-refractivity contribution in [3.63, 3.8) is 0 Å². The van der Waals surface area contributed by atoms with E-state index < -0.39 is 0 Å². The van der Waals surface area contributed by atoms with Crippen molar-refractivity contribution < 1.29 is 0 Å². The van der Waals surface area contributed by atoms with Gasteiger partial charge in [-0.2, -0.15) is 0 Å². The SMILES string of the molecule is CCNC(=NCC1CN(C)CCN1C)N1CC=C(c2ccccc2)CC1. The summed E-state index contributed by atoms with van der Waals surface area (Å²) in [6.07, 6.45) is 3.42. The maximum atomic E-state index is 4.98. The molecule has 1 N–H and O–H groups in total. The van der Waals surface area contributed by atoms with Crippen LogP contribution in [0, 0.1) is 0 Å². The molecule has 2 aliphatic heterocycles. The molecule has 142 valence electrons. The van der Waals surface area contributed by atoms with Crippen LogP contribution in [0.25, 0.3) is 5.57 Å². The van der Waals surface area contributed by atoms with Gasteiger partial charge in [0.2, 0.25) is 0 Å². The average Bonchev–Trinajstić information content (AvgIpc) is 2.68. The van der Waals surface area contributed by atoms with Crippen molar-refractivity contribution in [1.82, 2.24) is 20.0 Å². The van der Waals surface area contributed by atoms with Gasteiger partial charge in [-0.1, -0.05) is 36.4 Å². The first-order valence-electron chi connectivity index (χ1n) is 9.84. The van der Waals surface area contributed by atoms with E-state index in [2.05, 4.69) is 77.4 Å². The van der Waals surface area contributed by atoms with E-state index in [9.17, 15) is 0 Å². The van der Waals surface area contributed by atoms with Crippen molar-refractivity contribution in [1.29, 1.82) is 0 Å². The summed E-state index contributed by atoms with van der Waals surface area (Å²) in [7, 11) is 4.42. The number of aliphatic imine (C=N–C) groups is 1. The first kappa shape index (κ1) is 18.9. The van der Waals surface area contributed by atoms with E-state index in [1.807, 2.05) is 0 Å². The zero-order chi connectivity index (χ0) is 18.4. The predicted molar refractivity (Wildman–Crippen MR) is 111 cm³/mol. The second kappa shape index (κ2) is 9.19. The summed E-state index contributed by atoms with van der Waals surface area (Å²) in [4.78, 5) is 12.2. The van der Waals surface area contributed by atoms with Crippen LogP contribution in [0.3, 0.4) is 0 Å². The van der Waals surface area contributed by atoms with Gasteiger partial charge in [0, 0.05) is 45.3 Å². The molecule has 1 aromatic rings. The summed E-state index contributed by atoms with van der Waals surface area (Å²) in [6.45, 7) is 9.22. The van der Waals surface area contributed by atoms with E-state index in [4.69, 9.17) is 4.99 Å². The second-order valence-corrected chi connectivity index (χ2v) is 7.38. The number of piperazine rings is 1. The summed E-state index contributed by atoms with van der Waals surface area (Å²) in [5.41, 5.74) is 2.80. The molecule has 2 aliphatic rings. The minimum atomic E-state index is 0.502. The van der Waals surface area contributed by atoms with Crippen LogP contribution in [-0.4, -0.2) is 86.6 Å². The quantitative estimate of drug-likeness (QED) is 0.662. The number of benzene rings is 1.